The van der Waals surface area contributed by atoms with Gasteiger partial charge < -0.3 is 11.1 Å². The van der Waals surface area contributed by atoms with Gasteiger partial charge in [-0.15, -0.1) is 0 Å². The number of carbonyl (C=O) groups excluding carboxylic acids is 1. The summed E-state index contributed by atoms with van der Waals surface area (Å²) < 4.78 is 22.8. The molecule has 1 aliphatic heterocycles. The predicted octanol–water partition coefficient (Wildman–Crippen LogP) is 1.35. The minimum absolute atomic E-state index is 0.0444. The van der Waals surface area contributed by atoms with Crippen molar-refractivity contribution in [3.05, 3.63) is 28.8 Å². The Balaban J connectivity index is 2.20. The highest BCUT2D eigenvalue weighted by atomic mass is 35.5. The van der Waals surface area contributed by atoms with Crippen molar-refractivity contribution in [2.45, 2.75) is 6.42 Å². The standard InChI is InChI=1S/C12H13ClN2O3S2/c13-8-1-2-9(11(14)19)10(5-8)15-12(16)7-3-4-20(17,18)6-7/h1-2,5,7H,3-4,6H2,(H2,14,19)(H,15,16). The summed E-state index contributed by atoms with van der Waals surface area (Å²) in [4.78, 5) is 12.2. The number of anilines is 1. The normalized spacial score (nSPS) is 20.6. The van der Waals surface area contributed by atoms with E-state index in [2.05, 4.69) is 5.32 Å². The molecule has 1 saturated heterocycles. The monoisotopic (exact) mass is 332 g/mol. The van der Waals surface area contributed by atoms with Gasteiger partial charge >= 0.3 is 0 Å². The molecule has 0 radical (unpaired) electrons. The van der Waals surface area contributed by atoms with Gasteiger partial charge in [0.15, 0.2) is 9.84 Å². The molecular weight excluding hydrogens is 320 g/mol. The molecule has 1 heterocycles. The molecule has 2 rings (SSSR count). The van der Waals surface area contributed by atoms with Crippen LogP contribution >= 0.6 is 23.8 Å². The van der Waals surface area contributed by atoms with E-state index < -0.39 is 15.8 Å². The zero-order valence-electron chi connectivity index (χ0n) is 10.4. The van der Waals surface area contributed by atoms with E-state index in [4.69, 9.17) is 29.6 Å². The fourth-order valence-corrected chi connectivity index (χ4v) is 4.16. The minimum Gasteiger partial charge on any atom is -0.389 e. The summed E-state index contributed by atoms with van der Waals surface area (Å²) in [5.41, 5.74) is 6.48. The third-order valence-electron chi connectivity index (χ3n) is 3.11. The van der Waals surface area contributed by atoms with Gasteiger partial charge in [0.2, 0.25) is 5.91 Å². The number of nitrogens with two attached hydrogens (primary N) is 1. The van der Waals surface area contributed by atoms with Crippen LogP contribution in [0.2, 0.25) is 5.02 Å². The molecule has 1 fully saturated rings. The van der Waals surface area contributed by atoms with Crippen molar-refractivity contribution in [1.29, 1.82) is 0 Å². The van der Waals surface area contributed by atoms with Crippen molar-refractivity contribution >= 4 is 50.2 Å². The average molecular weight is 333 g/mol. The molecule has 8 heteroatoms. The predicted molar refractivity (Wildman–Crippen MR) is 82.7 cm³/mol. The second kappa shape index (κ2) is 5.67. The van der Waals surface area contributed by atoms with E-state index in [0.29, 0.717) is 22.7 Å². The molecule has 1 aliphatic rings. The van der Waals surface area contributed by atoms with E-state index in [1.165, 1.54) is 6.07 Å². The van der Waals surface area contributed by atoms with Crippen molar-refractivity contribution in [1.82, 2.24) is 0 Å². The minimum atomic E-state index is -3.10. The zero-order valence-corrected chi connectivity index (χ0v) is 12.8. The van der Waals surface area contributed by atoms with E-state index in [-0.39, 0.29) is 22.4 Å². The molecule has 1 amide bonds. The SMILES string of the molecule is NC(=S)c1ccc(Cl)cc1NC(=O)C1CCS(=O)(=O)C1. The van der Waals surface area contributed by atoms with Crippen molar-refractivity contribution in [2.75, 3.05) is 16.8 Å². The first-order valence-electron chi connectivity index (χ1n) is 5.89. The molecule has 0 spiro atoms. The molecule has 1 aromatic rings. The first-order valence-corrected chi connectivity index (χ1v) is 8.50. The van der Waals surface area contributed by atoms with Crippen LogP contribution in [-0.2, 0) is 14.6 Å². The fraction of sp³-hybridized carbons (Fsp3) is 0.333. The van der Waals surface area contributed by atoms with Gasteiger partial charge in [-0.25, -0.2) is 8.42 Å². The number of hydrogen-bond donors (Lipinski definition) is 2. The summed E-state index contributed by atoms with van der Waals surface area (Å²) >= 11 is 10.8. The molecule has 108 valence electrons. The van der Waals surface area contributed by atoms with Crippen LogP contribution in [0.25, 0.3) is 0 Å². The van der Waals surface area contributed by atoms with Crippen LogP contribution < -0.4 is 11.1 Å². The van der Waals surface area contributed by atoms with Gasteiger partial charge in [-0.2, -0.15) is 0 Å². The van der Waals surface area contributed by atoms with Gasteiger partial charge in [-0.3, -0.25) is 4.79 Å². The molecule has 20 heavy (non-hydrogen) atoms. The molecular formula is C12H13ClN2O3S2. The van der Waals surface area contributed by atoms with E-state index in [0.717, 1.165) is 0 Å². The topological polar surface area (TPSA) is 89.3 Å². The van der Waals surface area contributed by atoms with Crippen LogP contribution in [0.4, 0.5) is 5.69 Å². The first-order chi connectivity index (χ1) is 9.28. The summed E-state index contributed by atoms with van der Waals surface area (Å²) in [5.74, 6) is -0.978. The molecule has 1 aromatic carbocycles. The number of nitrogens with one attached hydrogen (secondary N) is 1. The Morgan fingerprint density at radius 2 is 2.15 bits per heavy atom. The van der Waals surface area contributed by atoms with Crippen LogP contribution in [0.3, 0.4) is 0 Å². The highest BCUT2D eigenvalue weighted by Crippen LogP contribution is 2.24. The van der Waals surface area contributed by atoms with Crippen molar-refractivity contribution in [2.24, 2.45) is 11.7 Å². The maximum atomic E-state index is 12.1. The number of sulfone groups is 1. The zero-order chi connectivity index (χ0) is 14.9. The van der Waals surface area contributed by atoms with Gasteiger partial charge in [0.25, 0.3) is 0 Å². The molecule has 0 saturated carbocycles. The van der Waals surface area contributed by atoms with E-state index in [1.54, 1.807) is 12.1 Å². The highest BCUT2D eigenvalue weighted by Gasteiger charge is 2.33. The number of carbonyl (C=O) groups is 1. The van der Waals surface area contributed by atoms with Gasteiger partial charge in [0.1, 0.15) is 4.99 Å². The van der Waals surface area contributed by atoms with Crippen LogP contribution in [0, 0.1) is 5.92 Å². The smallest absolute Gasteiger partial charge is 0.228 e. The Hall–Kier alpha value is -1.18. The second-order valence-electron chi connectivity index (χ2n) is 4.64. The molecule has 0 aliphatic carbocycles. The lowest BCUT2D eigenvalue weighted by Crippen LogP contribution is -2.25. The lowest BCUT2D eigenvalue weighted by molar-refractivity contribution is -0.119. The number of benzene rings is 1. The highest BCUT2D eigenvalue weighted by molar-refractivity contribution is 7.91. The van der Waals surface area contributed by atoms with Gasteiger partial charge in [0.05, 0.1) is 23.1 Å². The maximum Gasteiger partial charge on any atom is 0.228 e. The van der Waals surface area contributed by atoms with Crippen molar-refractivity contribution in [3.63, 3.8) is 0 Å². The van der Waals surface area contributed by atoms with Gasteiger partial charge in [-0.1, -0.05) is 23.8 Å². The van der Waals surface area contributed by atoms with Crippen LogP contribution in [0.5, 0.6) is 0 Å². The number of hydrogen-bond acceptors (Lipinski definition) is 4. The van der Waals surface area contributed by atoms with E-state index in [1.807, 2.05) is 0 Å². The largest absolute Gasteiger partial charge is 0.389 e. The van der Waals surface area contributed by atoms with Gasteiger partial charge in [-0.05, 0) is 24.6 Å². The Labute approximate surface area is 127 Å². The summed E-state index contributed by atoms with van der Waals surface area (Å²) in [6.07, 6.45) is 0.330. The Kier molecular flexibility index (Phi) is 4.31. The van der Waals surface area contributed by atoms with Crippen LogP contribution in [0.15, 0.2) is 18.2 Å². The molecule has 1 unspecified atom stereocenters. The van der Waals surface area contributed by atoms with Crippen molar-refractivity contribution in [3.8, 4) is 0 Å². The molecule has 1 atom stereocenters. The first kappa shape index (κ1) is 15.2. The molecule has 3 N–H and O–H groups in total. The van der Waals surface area contributed by atoms with Gasteiger partial charge in [0, 0.05) is 10.6 Å². The van der Waals surface area contributed by atoms with Crippen LogP contribution in [0.1, 0.15) is 12.0 Å². The number of thiocarbonyl (C=S) groups is 1. The summed E-state index contributed by atoms with van der Waals surface area (Å²) in [6.45, 7) is 0. The third kappa shape index (κ3) is 3.47. The Morgan fingerprint density at radius 3 is 2.70 bits per heavy atom. The second-order valence-corrected chi connectivity index (χ2v) is 7.75. The lowest BCUT2D eigenvalue weighted by Gasteiger charge is -2.13. The number of halogens is 1. The molecule has 0 bridgehead atoms. The summed E-state index contributed by atoms with van der Waals surface area (Å²) in [7, 11) is -3.10. The molecule has 0 aromatic heterocycles. The summed E-state index contributed by atoms with van der Waals surface area (Å²) in [6, 6.07) is 4.77. The fourth-order valence-electron chi connectivity index (χ4n) is 2.07. The molecule has 5 nitrogen and oxygen atoms in total. The average Bonchev–Trinajstić information content (AvgIpc) is 2.69. The summed E-state index contributed by atoms with van der Waals surface area (Å²) in [5, 5.41) is 3.09. The number of amides is 1. The lowest BCUT2D eigenvalue weighted by atomic mass is 10.1. The Morgan fingerprint density at radius 1 is 1.45 bits per heavy atom. The van der Waals surface area contributed by atoms with E-state index in [9.17, 15) is 13.2 Å². The maximum absolute atomic E-state index is 12.1. The third-order valence-corrected chi connectivity index (χ3v) is 5.33. The van der Waals surface area contributed by atoms with Crippen molar-refractivity contribution < 1.29 is 13.2 Å². The Bertz CT molecular complexity index is 673. The quantitative estimate of drug-likeness (QED) is 0.815. The van der Waals surface area contributed by atoms with Crippen LogP contribution in [-0.4, -0.2) is 30.8 Å². The van der Waals surface area contributed by atoms with E-state index >= 15 is 0 Å². The number of rotatable bonds is 3.